The summed E-state index contributed by atoms with van der Waals surface area (Å²) in [5.74, 6) is 2.46. The summed E-state index contributed by atoms with van der Waals surface area (Å²) in [7, 11) is 0. The largest absolute Gasteiger partial charge is 0.494 e. The van der Waals surface area contributed by atoms with Crippen LogP contribution >= 0.6 is 0 Å². The average molecular weight is 937 g/mol. The maximum Gasteiger partial charge on any atom is 0.330 e. The Morgan fingerprint density at radius 3 is 1.12 bits per heavy atom. The maximum absolute atomic E-state index is 11.5. The second kappa shape index (κ2) is 24.7. The van der Waals surface area contributed by atoms with E-state index in [4.69, 9.17) is 56.9 Å². The summed E-state index contributed by atoms with van der Waals surface area (Å²) >= 11 is 0. The molecule has 18 heteroatoms. The normalized spacial score (nSPS) is 10.8. The number of hydrogen-bond acceptors (Lipinski definition) is 18. The molecule has 0 aliphatic rings. The number of carbonyl (C=O) groups is 3. The molecule has 0 spiro atoms. The fraction of sp³-hybridized carbons (Fsp3) is 0.235. The highest BCUT2D eigenvalue weighted by atomic mass is 16.5. The van der Waals surface area contributed by atoms with E-state index in [-0.39, 0.29) is 42.5 Å². The fourth-order valence-corrected chi connectivity index (χ4v) is 6.53. The molecule has 0 amide bonds. The van der Waals surface area contributed by atoms with Crippen molar-refractivity contribution < 1.29 is 56.4 Å². The van der Waals surface area contributed by atoms with Crippen molar-refractivity contribution >= 4 is 17.9 Å². The van der Waals surface area contributed by atoms with Crippen LogP contribution < -0.4 is 14.2 Å². The first-order valence-corrected chi connectivity index (χ1v) is 22.1. The molecule has 4 aromatic carbocycles. The zero-order valence-corrected chi connectivity index (χ0v) is 37.6. The molecule has 0 radical (unpaired) electrons. The highest BCUT2D eigenvalue weighted by Crippen LogP contribution is 2.34. The minimum atomic E-state index is -0.449. The second-order valence-corrected chi connectivity index (χ2v) is 15.0. The summed E-state index contributed by atoms with van der Waals surface area (Å²) in [4.78, 5) is 48.4. The van der Waals surface area contributed by atoms with Crippen LogP contribution in [0, 0.1) is 0 Å². The van der Waals surface area contributed by atoms with Gasteiger partial charge in [-0.25, -0.2) is 4.79 Å². The molecular weight excluding hydrogens is 889 g/mol. The van der Waals surface area contributed by atoms with Crippen molar-refractivity contribution in [2.75, 3.05) is 26.4 Å². The molecule has 0 aliphatic heterocycles. The van der Waals surface area contributed by atoms with E-state index in [9.17, 15) is 14.4 Å². The minimum Gasteiger partial charge on any atom is -0.494 e. The van der Waals surface area contributed by atoms with E-state index in [0.717, 1.165) is 18.6 Å². The third kappa shape index (κ3) is 14.2. The van der Waals surface area contributed by atoms with Gasteiger partial charge in [-0.15, -0.1) is 0 Å². The molecule has 0 unspecified atom stereocenters. The number of ether oxygens (including phenoxy) is 6. The molecule has 0 bridgehead atoms. The van der Waals surface area contributed by atoms with Gasteiger partial charge in [0.1, 0.15) is 17.2 Å². The number of nitrogens with zero attached hydrogens (tertiary/aromatic N) is 6. The molecule has 3 aromatic heterocycles. The summed E-state index contributed by atoms with van der Waals surface area (Å²) in [5.41, 5.74) is 3.60. The summed E-state index contributed by atoms with van der Waals surface area (Å²) in [6, 6.07) is 27.1. The van der Waals surface area contributed by atoms with Gasteiger partial charge in [-0.2, -0.15) is 15.0 Å². The molecule has 3 heterocycles. The lowest BCUT2D eigenvalue weighted by Gasteiger charge is -2.06. The Bertz CT molecular complexity index is 2680. The highest BCUT2D eigenvalue weighted by molar-refractivity contribution is 5.81. The number of esters is 3. The molecule has 0 N–H and O–H groups in total. The molecule has 18 nitrogen and oxygen atoms in total. The number of rotatable bonds is 27. The van der Waals surface area contributed by atoms with E-state index >= 15 is 0 Å². The standard InChI is InChI=1S/C51H48N6O12/c1-4-43(58)66-30-12-11-29-65-42-25-19-36(20-26-42)48-54-51(69-57-48)39-32-37(49-52-46(55-67-49)34-15-21-40(22-16-34)63-27-9-7-13-44(59)61-5-2)31-38(33-39)50-53-47(56-68-50)35-17-23-41(24-18-35)64-28-10-8-14-45(60)62-6-3/h4-6,15-26,31-33H,1-3,7-14,27-30H2. The number of carbonyl (C=O) groups excluding carboxylic acids is 3. The molecule has 7 aromatic rings. The van der Waals surface area contributed by atoms with Gasteiger partial charge in [0, 0.05) is 52.3 Å². The van der Waals surface area contributed by atoms with Crippen LogP contribution in [0.25, 0.3) is 68.5 Å². The first kappa shape index (κ1) is 48.3. The lowest BCUT2D eigenvalue weighted by molar-refractivity contribution is -0.139. The van der Waals surface area contributed by atoms with E-state index in [1.165, 1.54) is 0 Å². The maximum atomic E-state index is 11.5. The van der Waals surface area contributed by atoms with Crippen molar-refractivity contribution in [3.05, 3.63) is 129 Å². The number of aromatic nitrogens is 6. The zero-order valence-electron chi connectivity index (χ0n) is 37.6. The smallest absolute Gasteiger partial charge is 0.330 e. The van der Waals surface area contributed by atoms with E-state index < -0.39 is 5.97 Å². The molecule has 0 saturated heterocycles. The van der Waals surface area contributed by atoms with Gasteiger partial charge in [0.05, 0.1) is 39.0 Å². The molecule has 69 heavy (non-hydrogen) atoms. The Hall–Kier alpha value is -8.67. The van der Waals surface area contributed by atoms with Gasteiger partial charge in [0.2, 0.25) is 17.5 Å². The van der Waals surface area contributed by atoms with Gasteiger partial charge < -0.3 is 42.0 Å². The molecule has 0 atom stereocenters. The van der Waals surface area contributed by atoms with E-state index in [0.29, 0.717) is 133 Å². The third-order valence-corrected chi connectivity index (χ3v) is 10.0. The summed E-state index contributed by atoms with van der Waals surface area (Å²) in [6.45, 7) is 11.8. The van der Waals surface area contributed by atoms with E-state index in [1.54, 1.807) is 42.5 Å². The Morgan fingerprint density at radius 1 is 0.449 bits per heavy atom. The van der Waals surface area contributed by atoms with Crippen LogP contribution in [0.5, 0.6) is 17.2 Å². The van der Waals surface area contributed by atoms with Gasteiger partial charge in [0.15, 0.2) is 0 Å². The van der Waals surface area contributed by atoms with Crippen LogP contribution in [0.4, 0.5) is 0 Å². The second-order valence-electron chi connectivity index (χ2n) is 15.0. The van der Waals surface area contributed by atoms with Crippen molar-refractivity contribution in [3.63, 3.8) is 0 Å². The summed E-state index contributed by atoms with van der Waals surface area (Å²) < 4.78 is 49.4. The molecule has 0 fully saturated rings. The quantitative estimate of drug-likeness (QED) is 0.0154. The van der Waals surface area contributed by atoms with E-state index in [1.807, 2.05) is 48.5 Å². The van der Waals surface area contributed by atoms with Crippen LogP contribution in [0.2, 0.25) is 0 Å². The summed E-state index contributed by atoms with van der Waals surface area (Å²) in [5, 5.41) is 12.8. The Morgan fingerprint density at radius 2 is 0.783 bits per heavy atom. The number of unbranched alkanes of at least 4 members (excludes halogenated alkanes) is 3. The van der Waals surface area contributed by atoms with Crippen LogP contribution in [-0.2, 0) is 28.6 Å². The van der Waals surface area contributed by atoms with Crippen molar-refractivity contribution in [2.45, 2.75) is 51.4 Å². The molecule has 7 rings (SSSR count). The molecule has 354 valence electrons. The van der Waals surface area contributed by atoms with Gasteiger partial charge in [-0.1, -0.05) is 35.2 Å². The first-order valence-electron chi connectivity index (χ1n) is 22.1. The summed E-state index contributed by atoms with van der Waals surface area (Å²) in [6.07, 6.45) is 7.90. The highest BCUT2D eigenvalue weighted by Gasteiger charge is 2.20. The predicted octanol–water partition coefficient (Wildman–Crippen LogP) is 10.2. The number of benzene rings is 4. The first-order chi connectivity index (χ1) is 33.8. The minimum absolute atomic E-state index is 0.198. The van der Waals surface area contributed by atoms with Crippen molar-refractivity contribution in [3.8, 4) is 85.8 Å². The van der Waals surface area contributed by atoms with Gasteiger partial charge >= 0.3 is 17.9 Å². The van der Waals surface area contributed by atoms with Crippen LogP contribution in [0.3, 0.4) is 0 Å². The number of hydrogen-bond donors (Lipinski definition) is 0. The fourth-order valence-electron chi connectivity index (χ4n) is 6.53. The SMILES string of the molecule is C=COC(=O)CCCCOc1ccc(-c2noc(-c3cc(-c4nc(-c5ccc(OCCCCOC(=O)C=C)cc5)no4)cc(-c4nc(-c5ccc(OCCCCC(=O)OC=C)cc5)no4)c3)n2)cc1. The predicted molar refractivity (Wildman–Crippen MR) is 250 cm³/mol. The third-order valence-electron chi connectivity index (χ3n) is 10.0. The lowest BCUT2D eigenvalue weighted by Crippen LogP contribution is -2.04. The topological polar surface area (TPSA) is 223 Å². The molecular formula is C51H48N6O12. The molecule has 0 aliphatic carbocycles. The molecule has 0 saturated carbocycles. The van der Waals surface area contributed by atoms with Crippen LogP contribution in [0.1, 0.15) is 51.4 Å². The monoisotopic (exact) mass is 936 g/mol. The Balaban J connectivity index is 1.06. The Kier molecular flexibility index (Phi) is 17.3. The van der Waals surface area contributed by atoms with Crippen molar-refractivity contribution in [1.82, 2.24) is 30.4 Å². The Labute approximate surface area is 396 Å². The van der Waals surface area contributed by atoms with Crippen LogP contribution in [-0.4, -0.2) is 74.8 Å². The van der Waals surface area contributed by atoms with Crippen molar-refractivity contribution in [2.24, 2.45) is 0 Å². The van der Waals surface area contributed by atoms with Gasteiger partial charge in [-0.05, 0) is 130 Å². The lowest BCUT2D eigenvalue weighted by atomic mass is 10.0. The average Bonchev–Trinajstić information content (AvgIpc) is 4.19. The van der Waals surface area contributed by atoms with Gasteiger partial charge in [-0.3, -0.25) is 9.59 Å². The van der Waals surface area contributed by atoms with Crippen molar-refractivity contribution in [1.29, 1.82) is 0 Å². The van der Waals surface area contributed by atoms with E-state index in [2.05, 4.69) is 35.2 Å². The zero-order chi connectivity index (χ0) is 48.2. The van der Waals surface area contributed by atoms with Gasteiger partial charge in [0.25, 0.3) is 17.7 Å². The van der Waals surface area contributed by atoms with Crippen LogP contribution in [0.15, 0.2) is 143 Å².